The lowest BCUT2D eigenvalue weighted by Gasteiger charge is -2.28. The molecule has 2 aromatic carbocycles. The molecular weight excluding hydrogens is 360 g/mol. The molecule has 2 aliphatic rings. The van der Waals surface area contributed by atoms with Crippen LogP contribution in [-0.4, -0.2) is 50.6 Å². The Hall–Kier alpha value is -1.89. The van der Waals surface area contributed by atoms with Crippen molar-refractivity contribution in [1.82, 2.24) is 9.21 Å². The second-order valence-corrected chi connectivity index (χ2v) is 9.55. The van der Waals surface area contributed by atoms with E-state index in [4.69, 9.17) is 4.74 Å². The molecule has 3 atom stereocenters. The molecule has 6 heteroatoms. The molecule has 0 aromatic heterocycles. The molecular formula is C21H26N2O3S. The van der Waals surface area contributed by atoms with Crippen molar-refractivity contribution in [3.8, 4) is 5.75 Å². The lowest BCUT2D eigenvalue weighted by atomic mass is 9.90. The molecule has 27 heavy (non-hydrogen) atoms. The fourth-order valence-corrected chi connectivity index (χ4v) is 5.86. The van der Waals surface area contributed by atoms with Crippen molar-refractivity contribution in [3.63, 3.8) is 0 Å². The minimum Gasteiger partial charge on any atom is -0.496 e. The molecule has 4 rings (SSSR count). The van der Waals surface area contributed by atoms with Gasteiger partial charge in [0, 0.05) is 31.7 Å². The fraction of sp³-hybridized carbons (Fsp3) is 0.429. The number of nitrogens with zero attached hydrogens (tertiary/aromatic N) is 2. The molecule has 0 spiro atoms. The predicted molar refractivity (Wildman–Crippen MR) is 106 cm³/mol. The van der Waals surface area contributed by atoms with Crippen LogP contribution in [0.2, 0.25) is 0 Å². The molecule has 0 bridgehead atoms. The quantitative estimate of drug-likeness (QED) is 0.793. The average Bonchev–Trinajstić information content (AvgIpc) is 3.20. The predicted octanol–water partition coefficient (Wildman–Crippen LogP) is 2.76. The Labute approximate surface area is 161 Å². The molecule has 5 nitrogen and oxygen atoms in total. The molecule has 2 aliphatic heterocycles. The van der Waals surface area contributed by atoms with Crippen LogP contribution < -0.4 is 4.74 Å². The molecule has 0 N–H and O–H groups in total. The number of para-hydroxylation sites is 1. The van der Waals surface area contributed by atoms with Crippen LogP contribution in [0.3, 0.4) is 0 Å². The van der Waals surface area contributed by atoms with Crippen LogP contribution in [0.25, 0.3) is 0 Å². The summed E-state index contributed by atoms with van der Waals surface area (Å²) in [7, 11) is -1.53. The number of hydrogen-bond donors (Lipinski definition) is 0. The van der Waals surface area contributed by atoms with Gasteiger partial charge in [0.25, 0.3) is 0 Å². The maximum absolute atomic E-state index is 12.4. The summed E-state index contributed by atoms with van der Waals surface area (Å²) in [6, 6.07) is 18.1. The highest BCUT2D eigenvalue weighted by atomic mass is 32.2. The summed E-state index contributed by atoms with van der Waals surface area (Å²) in [5.74, 6) is 1.59. The first-order valence-electron chi connectivity index (χ1n) is 9.33. The van der Waals surface area contributed by atoms with Crippen LogP contribution in [0.4, 0.5) is 0 Å². The second-order valence-electron chi connectivity index (χ2n) is 7.62. The van der Waals surface area contributed by atoms with Crippen molar-refractivity contribution in [3.05, 3.63) is 65.7 Å². The summed E-state index contributed by atoms with van der Waals surface area (Å²) in [5.41, 5.74) is 2.27. The van der Waals surface area contributed by atoms with E-state index in [1.165, 1.54) is 11.8 Å². The summed E-state index contributed by atoms with van der Waals surface area (Å²) in [6.07, 6.45) is 1.33. The molecule has 0 radical (unpaired) electrons. The van der Waals surface area contributed by atoms with E-state index in [0.29, 0.717) is 18.4 Å². The topological polar surface area (TPSA) is 49.9 Å². The molecule has 0 saturated carbocycles. The first-order chi connectivity index (χ1) is 13.0. The summed E-state index contributed by atoms with van der Waals surface area (Å²) in [5, 5.41) is 0. The Bertz CT molecular complexity index is 901. The maximum atomic E-state index is 12.4. The van der Waals surface area contributed by atoms with Gasteiger partial charge in [-0.05, 0) is 23.5 Å². The van der Waals surface area contributed by atoms with Gasteiger partial charge >= 0.3 is 0 Å². The highest BCUT2D eigenvalue weighted by Gasteiger charge is 2.50. The van der Waals surface area contributed by atoms with E-state index < -0.39 is 10.0 Å². The van der Waals surface area contributed by atoms with E-state index in [1.54, 1.807) is 11.4 Å². The number of fused-ring (bicyclic) bond motifs is 1. The zero-order chi connectivity index (χ0) is 19.0. The summed E-state index contributed by atoms with van der Waals surface area (Å²) < 4.78 is 32.0. The molecule has 2 saturated heterocycles. The monoisotopic (exact) mass is 386 g/mol. The van der Waals surface area contributed by atoms with E-state index >= 15 is 0 Å². The van der Waals surface area contributed by atoms with Gasteiger partial charge in [-0.15, -0.1) is 0 Å². The van der Waals surface area contributed by atoms with E-state index in [2.05, 4.69) is 11.0 Å². The Morgan fingerprint density at radius 1 is 1.00 bits per heavy atom. The third-order valence-corrected chi connectivity index (χ3v) is 7.08. The van der Waals surface area contributed by atoms with Crippen LogP contribution in [0.15, 0.2) is 54.6 Å². The molecule has 2 fully saturated rings. The van der Waals surface area contributed by atoms with Gasteiger partial charge in [-0.25, -0.2) is 8.42 Å². The molecule has 0 aliphatic carbocycles. The fourth-order valence-electron chi connectivity index (χ4n) is 4.71. The van der Waals surface area contributed by atoms with Crippen molar-refractivity contribution in [2.24, 2.45) is 11.8 Å². The zero-order valence-electron chi connectivity index (χ0n) is 15.8. The average molecular weight is 387 g/mol. The smallest absolute Gasteiger partial charge is 0.211 e. The molecule has 144 valence electrons. The highest BCUT2D eigenvalue weighted by Crippen LogP contribution is 2.46. The Morgan fingerprint density at radius 2 is 1.70 bits per heavy atom. The van der Waals surface area contributed by atoms with Crippen LogP contribution >= 0.6 is 0 Å². The standard InChI is InChI=1S/C21H26N2O3S/c1-26-20-11-7-6-10-17(20)12-22-13-18-14-23(27(2,24)25)21(19(18)15-22)16-8-4-3-5-9-16/h3-11,18-19,21H,12-15H2,1-2H3/t18-,19-,21+/m1/s1. The van der Waals surface area contributed by atoms with Crippen LogP contribution in [-0.2, 0) is 16.6 Å². The number of hydrogen-bond acceptors (Lipinski definition) is 4. The van der Waals surface area contributed by atoms with Gasteiger partial charge in [-0.2, -0.15) is 4.31 Å². The van der Waals surface area contributed by atoms with Gasteiger partial charge in [-0.3, -0.25) is 4.90 Å². The molecule has 0 amide bonds. The third-order valence-electron chi connectivity index (χ3n) is 5.85. The molecule has 2 aromatic rings. The van der Waals surface area contributed by atoms with Crippen molar-refractivity contribution in [2.75, 3.05) is 33.0 Å². The minimum atomic E-state index is -3.23. The van der Waals surface area contributed by atoms with Gasteiger partial charge in [0.1, 0.15) is 5.75 Å². The van der Waals surface area contributed by atoms with Crippen molar-refractivity contribution in [2.45, 2.75) is 12.6 Å². The Morgan fingerprint density at radius 3 is 2.41 bits per heavy atom. The van der Waals surface area contributed by atoms with Gasteiger partial charge in [0.05, 0.1) is 19.4 Å². The SMILES string of the molecule is COc1ccccc1CN1C[C@@H]2CN(S(C)(=O)=O)[C@@H](c3ccccc3)[C@@H]2C1. The maximum Gasteiger partial charge on any atom is 0.211 e. The zero-order valence-corrected chi connectivity index (χ0v) is 16.6. The van der Waals surface area contributed by atoms with Gasteiger partial charge in [0.15, 0.2) is 0 Å². The van der Waals surface area contributed by atoms with E-state index in [9.17, 15) is 8.42 Å². The number of likely N-dealkylation sites (tertiary alicyclic amines) is 1. The Balaban J connectivity index is 1.57. The second kappa shape index (κ2) is 7.26. The van der Waals surface area contributed by atoms with Crippen molar-refractivity contribution in [1.29, 1.82) is 0 Å². The number of sulfonamides is 1. The van der Waals surface area contributed by atoms with Crippen molar-refractivity contribution < 1.29 is 13.2 Å². The summed E-state index contributed by atoms with van der Waals surface area (Å²) >= 11 is 0. The van der Waals surface area contributed by atoms with Crippen LogP contribution in [0.1, 0.15) is 17.2 Å². The Kier molecular flexibility index (Phi) is 4.97. The minimum absolute atomic E-state index is 0.0751. The van der Waals surface area contributed by atoms with Crippen molar-refractivity contribution >= 4 is 10.0 Å². The number of methoxy groups -OCH3 is 1. The molecule has 0 unspecified atom stereocenters. The first kappa shape index (κ1) is 18.5. The van der Waals surface area contributed by atoms with E-state index in [0.717, 1.165) is 30.9 Å². The largest absolute Gasteiger partial charge is 0.496 e. The number of ether oxygens (including phenoxy) is 1. The third kappa shape index (κ3) is 3.61. The van der Waals surface area contributed by atoms with Gasteiger partial charge in [0.2, 0.25) is 10.0 Å². The van der Waals surface area contributed by atoms with Gasteiger partial charge in [-0.1, -0.05) is 48.5 Å². The van der Waals surface area contributed by atoms with E-state index in [-0.39, 0.29) is 6.04 Å². The first-order valence-corrected chi connectivity index (χ1v) is 11.2. The lowest BCUT2D eigenvalue weighted by Crippen LogP contribution is -2.35. The molecule has 2 heterocycles. The lowest BCUT2D eigenvalue weighted by molar-refractivity contribution is 0.258. The van der Waals surface area contributed by atoms with Crippen LogP contribution in [0, 0.1) is 11.8 Å². The summed E-state index contributed by atoms with van der Waals surface area (Å²) in [6.45, 7) is 3.25. The van der Waals surface area contributed by atoms with Crippen LogP contribution in [0.5, 0.6) is 5.75 Å². The highest BCUT2D eigenvalue weighted by molar-refractivity contribution is 7.88. The normalized spacial score (nSPS) is 26.2. The van der Waals surface area contributed by atoms with E-state index in [1.807, 2.05) is 48.5 Å². The number of benzene rings is 2. The number of rotatable bonds is 5. The summed E-state index contributed by atoms with van der Waals surface area (Å²) in [4.78, 5) is 2.43. The van der Waals surface area contributed by atoms with Gasteiger partial charge < -0.3 is 4.74 Å².